The van der Waals surface area contributed by atoms with Gasteiger partial charge in [-0.2, -0.15) is 0 Å². The molecule has 1 amide bonds. The van der Waals surface area contributed by atoms with Crippen LogP contribution in [-0.2, 0) is 4.79 Å². The van der Waals surface area contributed by atoms with Crippen molar-refractivity contribution in [3.8, 4) is 0 Å². The Hall–Kier alpha value is -1.19. The van der Waals surface area contributed by atoms with E-state index in [1.165, 1.54) is 0 Å². The Labute approximate surface area is 66.6 Å². The third-order valence-electron chi connectivity index (χ3n) is 1.31. The van der Waals surface area contributed by atoms with Gasteiger partial charge in [0.25, 0.3) is 5.91 Å². The van der Waals surface area contributed by atoms with Crippen LogP contribution in [0.4, 0.5) is 0 Å². The van der Waals surface area contributed by atoms with E-state index in [1.54, 1.807) is 6.92 Å². The van der Waals surface area contributed by atoms with E-state index in [4.69, 9.17) is 11.5 Å². The van der Waals surface area contributed by atoms with Crippen molar-refractivity contribution in [3.05, 3.63) is 11.4 Å². The summed E-state index contributed by atoms with van der Waals surface area (Å²) in [6, 6.07) is 0. The molecule has 4 heteroatoms. The molecule has 0 saturated carbocycles. The predicted molar refractivity (Wildman–Crippen MR) is 44.4 cm³/mol. The molecular formula is C7H15N3O. The fourth-order valence-electron chi connectivity index (χ4n) is 0.502. The lowest BCUT2D eigenvalue weighted by molar-refractivity contribution is -0.117. The van der Waals surface area contributed by atoms with Crippen molar-refractivity contribution in [3.63, 3.8) is 0 Å². The van der Waals surface area contributed by atoms with Gasteiger partial charge >= 0.3 is 0 Å². The van der Waals surface area contributed by atoms with Crippen LogP contribution in [0.2, 0.25) is 0 Å². The molecule has 0 aromatic rings. The number of nitrogens with two attached hydrogens (primary N) is 2. The van der Waals surface area contributed by atoms with Gasteiger partial charge in [-0.25, -0.2) is 0 Å². The van der Waals surface area contributed by atoms with Crippen molar-refractivity contribution in [1.29, 1.82) is 0 Å². The maximum Gasteiger partial charge on any atom is 0.250 e. The molecule has 0 saturated heterocycles. The number of nitrogens with one attached hydrogen (secondary N) is 1. The van der Waals surface area contributed by atoms with E-state index in [2.05, 4.69) is 5.32 Å². The molecule has 11 heavy (non-hydrogen) atoms. The molecule has 0 aromatic carbocycles. The number of hydrogen-bond acceptors (Lipinski definition) is 3. The number of carbonyl (C=O) groups excluding carboxylic acids is 1. The zero-order valence-corrected chi connectivity index (χ0v) is 6.98. The maximum atomic E-state index is 11.0. The molecule has 0 aliphatic carbocycles. The van der Waals surface area contributed by atoms with E-state index >= 15 is 0 Å². The molecule has 0 aliphatic heterocycles. The highest BCUT2D eigenvalue weighted by Gasteiger charge is 2.04. The molecule has 0 spiro atoms. The second-order valence-corrected chi connectivity index (χ2v) is 2.34. The molecule has 0 fully saturated rings. The molecule has 0 aromatic heterocycles. The Bertz CT molecular complexity index is 171. The molecule has 0 radical (unpaired) electrons. The maximum absolute atomic E-state index is 11.0. The Balaban J connectivity index is 3.95. The van der Waals surface area contributed by atoms with Crippen LogP contribution in [0.15, 0.2) is 11.4 Å². The summed E-state index contributed by atoms with van der Waals surface area (Å²) < 4.78 is 0. The lowest BCUT2D eigenvalue weighted by atomic mass is 10.3. The van der Waals surface area contributed by atoms with Crippen molar-refractivity contribution in [1.82, 2.24) is 5.32 Å². The van der Waals surface area contributed by atoms with E-state index in [-0.39, 0.29) is 11.7 Å². The zero-order valence-electron chi connectivity index (χ0n) is 6.98. The van der Waals surface area contributed by atoms with Crippen LogP contribution < -0.4 is 16.8 Å². The van der Waals surface area contributed by atoms with Gasteiger partial charge in [0.05, 0.1) is 5.57 Å². The van der Waals surface area contributed by atoms with Gasteiger partial charge in [0.1, 0.15) is 5.82 Å². The summed E-state index contributed by atoms with van der Waals surface area (Å²) in [5.74, 6) is -0.106. The summed E-state index contributed by atoms with van der Waals surface area (Å²) in [6.45, 7) is 4.23. The van der Waals surface area contributed by atoms with Crippen molar-refractivity contribution in [2.75, 3.05) is 6.54 Å². The number of carbonyl (C=O) groups is 1. The van der Waals surface area contributed by atoms with Gasteiger partial charge in [0, 0.05) is 6.54 Å². The summed E-state index contributed by atoms with van der Waals surface area (Å²) in [5, 5.41) is 2.66. The number of rotatable bonds is 3. The van der Waals surface area contributed by atoms with Crippen LogP contribution in [0.25, 0.3) is 0 Å². The van der Waals surface area contributed by atoms with Crippen molar-refractivity contribution in [2.45, 2.75) is 20.3 Å². The summed E-state index contributed by atoms with van der Waals surface area (Å²) in [4.78, 5) is 11.0. The number of amides is 1. The summed E-state index contributed by atoms with van der Waals surface area (Å²) >= 11 is 0. The normalized spacial score (nSPS) is 8.91. The highest BCUT2D eigenvalue weighted by molar-refractivity contribution is 5.93. The van der Waals surface area contributed by atoms with Crippen LogP contribution in [0.5, 0.6) is 0 Å². The summed E-state index contributed by atoms with van der Waals surface area (Å²) in [7, 11) is 0. The molecule has 64 valence electrons. The third-order valence-corrected chi connectivity index (χ3v) is 1.31. The van der Waals surface area contributed by atoms with Crippen LogP contribution in [0.3, 0.4) is 0 Å². The van der Waals surface area contributed by atoms with Gasteiger partial charge in [-0.3, -0.25) is 4.79 Å². The molecule has 0 atom stereocenters. The lowest BCUT2D eigenvalue weighted by Crippen LogP contribution is -2.28. The quantitative estimate of drug-likeness (QED) is 0.490. The first-order valence-corrected chi connectivity index (χ1v) is 3.59. The molecule has 5 N–H and O–H groups in total. The molecular weight excluding hydrogens is 142 g/mol. The average molecular weight is 157 g/mol. The Morgan fingerprint density at radius 3 is 2.36 bits per heavy atom. The summed E-state index contributed by atoms with van der Waals surface area (Å²) in [5.41, 5.74) is 10.8. The van der Waals surface area contributed by atoms with Crippen molar-refractivity contribution in [2.24, 2.45) is 11.5 Å². The SMILES string of the molecule is CCCNC(=O)C(C)=C(N)N. The minimum Gasteiger partial charge on any atom is -0.385 e. The highest BCUT2D eigenvalue weighted by atomic mass is 16.1. The molecule has 0 rings (SSSR count). The minimum atomic E-state index is -0.188. The largest absolute Gasteiger partial charge is 0.385 e. The molecule has 4 nitrogen and oxygen atoms in total. The van der Waals surface area contributed by atoms with Gasteiger partial charge < -0.3 is 16.8 Å². The molecule has 0 unspecified atom stereocenters. The Kier molecular flexibility index (Phi) is 4.10. The van der Waals surface area contributed by atoms with Gasteiger partial charge in [-0.05, 0) is 13.3 Å². The second kappa shape index (κ2) is 4.60. The smallest absolute Gasteiger partial charge is 0.250 e. The summed E-state index contributed by atoms with van der Waals surface area (Å²) in [6.07, 6.45) is 0.906. The topological polar surface area (TPSA) is 81.1 Å². The average Bonchev–Trinajstić information content (AvgIpc) is 1.98. The van der Waals surface area contributed by atoms with E-state index in [1.807, 2.05) is 6.92 Å². The Morgan fingerprint density at radius 2 is 2.00 bits per heavy atom. The number of hydrogen-bond donors (Lipinski definition) is 3. The Morgan fingerprint density at radius 1 is 1.45 bits per heavy atom. The first-order valence-electron chi connectivity index (χ1n) is 3.59. The van der Waals surface area contributed by atoms with E-state index < -0.39 is 0 Å². The monoisotopic (exact) mass is 157 g/mol. The van der Waals surface area contributed by atoms with Crippen molar-refractivity contribution >= 4 is 5.91 Å². The van der Waals surface area contributed by atoms with E-state index in [9.17, 15) is 4.79 Å². The van der Waals surface area contributed by atoms with Gasteiger partial charge in [0.2, 0.25) is 0 Å². The minimum absolute atomic E-state index is 0.0820. The zero-order chi connectivity index (χ0) is 8.85. The fraction of sp³-hybridized carbons (Fsp3) is 0.571. The first-order chi connectivity index (χ1) is 5.09. The first kappa shape index (κ1) is 9.81. The van der Waals surface area contributed by atoms with Gasteiger partial charge in [-0.1, -0.05) is 6.92 Å². The van der Waals surface area contributed by atoms with Crippen molar-refractivity contribution < 1.29 is 4.79 Å². The predicted octanol–water partition coefficient (Wildman–Crippen LogP) is -0.338. The molecule has 0 bridgehead atoms. The molecule has 0 aliphatic rings. The fourth-order valence-corrected chi connectivity index (χ4v) is 0.502. The lowest BCUT2D eigenvalue weighted by Gasteiger charge is -2.03. The van der Waals surface area contributed by atoms with E-state index in [0.29, 0.717) is 12.1 Å². The van der Waals surface area contributed by atoms with Crippen LogP contribution in [-0.4, -0.2) is 12.5 Å². The van der Waals surface area contributed by atoms with Crippen LogP contribution >= 0.6 is 0 Å². The highest BCUT2D eigenvalue weighted by Crippen LogP contribution is 1.91. The van der Waals surface area contributed by atoms with Gasteiger partial charge in [-0.15, -0.1) is 0 Å². The van der Waals surface area contributed by atoms with Crippen LogP contribution in [0.1, 0.15) is 20.3 Å². The third kappa shape index (κ3) is 3.50. The van der Waals surface area contributed by atoms with E-state index in [0.717, 1.165) is 6.42 Å². The standard InChI is InChI=1S/C7H15N3O/c1-3-4-10-7(11)5(2)6(8)9/h3-4,8-9H2,1-2H3,(H,10,11). The van der Waals surface area contributed by atoms with Gasteiger partial charge in [0.15, 0.2) is 0 Å². The molecule has 0 heterocycles. The van der Waals surface area contributed by atoms with Crippen LogP contribution in [0, 0.1) is 0 Å². The second-order valence-electron chi connectivity index (χ2n) is 2.34.